The number of halogens is 4. The summed E-state index contributed by atoms with van der Waals surface area (Å²) >= 11 is 1.01. The number of nitrogens with zero attached hydrogens (tertiary/aromatic N) is 2. The van der Waals surface area contributed by atoms with E-state index in [4.69, 9.17) is 9.47 Å². The van der Waals surface area contributed by atoms with Crippen molar-refractivity contribution in [3.63, 3.8) is 0 Å². The van der Waals surface area contributed by atoms with Crippen LogP contribution < -0.4 is 10.6 Å². The monoisotopic (exact) mass is 522 g/mol. The predicted octanol–water partition coefficient (Wildman–Crippen LogP) is 3.07. The molecule has 2 heterocycles. The topological polar surface area (TPSA) is 67.8 Å². The average molecular weight is 522 g/mol. The van der Waals surface area contributed by atoms with Crippen LogP contribution in [0.5, 0.6) is 0 Å². The maximum absolute atomic E-state index is 12.5. The van der Waals surface area contributed by atoms with Gasteiger partial charge in [0, 0.05) is 31.5 Å². The SMILES string of the molecule is CCNC(=NCCOCC1CCCO1)NCCc1nc(C(F)(F)F)cs1.I. The first-order valence-electron chi connectivity index (χ1n) is 8.72. The highest BCUT2D eigenvalue weighted by atomic mass is 127. The minimum absolute atomic E-state index is 0. The third-order valence-electron chi connectivity index (χ3n) is 3.65. The van der Waals surface area contributed by atoms with Crippen molar-refractivity contribution in [2.75, 3.05) is 39.5 Å². The molecule has 0 aromatic carbocycles. The minimum Gasteiger partial charge on any atom is -0.377 e. The maximum atomic E-state index is 12.5. The molecule has 1 aliphatic rings. The van der Waals surface area contributed by atoms with E-state index in [1.165, 1.54) is 0 Å². The van der Waals surface area contributed by atoms with Crippen LogP contribution in [0.1, 0.15) is 30.5 Å². The Morgan fingerprint density at radius 2 is 2.26 bits per heavy atom. The van der Waals surface area contributed by atoms with E-state index in [1.54, 1.807) is 0 Å². The van der Waals surface area contributed by atoms with Gasteiger partial charge in [-0.3, -0.25) is 4.99 Å². The van der Waals surface area contributed by atoms with E-state index in [0.29, 0.717) is 50.2 Å². The number of alkyl halides is 3. The quantitative estimate of drug-likeness (QED) is 0.226. The number of hydrogen-bond acceptors (Lipinski definition) is 5. The summed E-state index contributed by atoms with van der Waals surface area (Å²) in [6, 6.07) is 0. The average Bonchev–Trinajstić information content (AvgIpc) is 3.25. The van der Waals surface area contributed by atoms with E-state index in [0.717, 1.165) is 36.2 Å². The second kappa shape index (κ2) is 12.7. The summed E-state index contributed by atoms with van der Waals surface area (Å²) < 4.78 is 48.6. The van der Waals surface area contributed by atoms with Gasteiger partial charge in [0.2, 0.25) is 0 Å². The van der Waals surface area contributed by atoms with Crippen LogP contribution in [-0.4, -0.2) is 56.5 Å². The smallest absolute Gasteiger partial charge is 0.377 e. The molecule has 11 heteroatoms. The molecule has 6 nitrogen and oxygen atoms in total. The van der Waals surface area contributed by atoms with Crippen LogP contribution in [0.4, 0.5) is 13.2 Å². The van der Waals surface area contributed by atoms with Crippen molar-refractivity contribution in [1.29, 1.82) is 0 Å². The lowest BCUT2D eigenvalue weighted by Gasteiger charge is -2.11. The molecule has 0 amide bonds. The van der Waals surface area contributed by atoms with Crippen molar-refractivity contribution < 1.29 is 22.6 Å². The van der Waals surface area contributed by atoms with Crippen molar-refractivity contribution in [3.8, 4) is 0 Å². The number of aliphatic imine (C=N–C) groups is 1. The molecule has 1 atom stereocenters. The molecule has 1 fully saturated rings. The number of rotatable bonds is 9. The molecule has 0 bridgehead atoms. The lowest BCUT2D eigenvalue weighted by molar-refractivity contribution is -0.140. The number of aromatic nitrogens is 1. The first-order chi connectivity index (χ1) is 12.5. The zero-order valence-corrected chi connectivity index (χ0v) is 18.3. The van der Waals surface area contributed by atoms with E-state index in [2.05, 4.69) is 20.6 Å². The van der Waals surface area contributed by atoms with Gasteiger partial charge in [-0.1, -0.05) is 0 Å². The van der Waals surface area contributed by atoms with Crippen molar-refractivity contribution in [1.82, 2.24) is 15.6 Å². The Balaban J connectivity index is 0.00000364. The fourth-order valence-corrected chi connectivity index (χ4v) is 3.20. The Morgan fingerprint density at radius 3 is 2.89 bits per heavy atom. The molecule has 0 spiro atoms. The normalized spacial score (nSPS) is 17.6. The molecule has 1 aromatic heterocycles. The fourth-order valence-electron chi connectivity index (χ4n) is 2.40. The molecule has 1 aromatic rings. The largest absolute Gasteiger partial charge is 0.434 e. The van der Waals surface area contributed by atoms with Gasteiger partial charge < -0.3 is 20.1 Å². The van der Waals surface area contributed by atoms with Gasteiger partial charge in [-0.2, -0.15) is 13.2 Å². The summed E-state index contributed by atoms with van der Waals surface area (Å²) in [5, 5.41) is 7.67. The Hall–Kier alpha value is -0.660. The molecule has 2 rings (SSSR count). The molecular formula is C16H26F3IN4O2S. The molecule has 1 aliphatic heterocycles. The third kappa shape index (κ3) is 9.39. The van der Waals surface area contributed by atoms with Crippen LogP contribution in [0.3, 0.4) is 0 Å². The lowest BCUT2D eigenvalue weighted by Crippen LogP contribution is -2.38. The summed E-state index contributed by atoms with van der Waals surface area (Å²) in [6.07, 6.45) is -1.65. The van der Waals surface area contributed by atoms with Gasteiger partial charge >= 0.3 is 6.18 Å². The Morgan fingerprint density at radius 1 is 1.44 bits per heavy atom. The minimum atomic E-state index is -4.39. The van der Waals surface area contributed by atoms with Gasteiger partial charge in [0.25, 0.3) is 0 Å². The van der Waals surface area contributed by atoms with Gasteiger partial charge in [-0.15, -0.1) is 35.3 Å². The summed E-state index contributed by atoms with van der Waals surface area (Å²) in [5.74, 6) is 0.612. The lowest BCUT2D eigenvalue weighted by atomic mass is 10.2. The van der Waals surface area contributed by atoms with Crippen LogP contribution in [-0.2, 0) is 22.1 Å². The van der Waals surface area contributed by atoms with E-state index >= 15 is 0 Å². The molecule has 0 saturated carbocycles. The van der Waals surface area contributed by atoms with Gasteiger partial charge in [0.1, 0.15) is 0 Å². The zero-order chi connectivity index (χ0) is 18.8. The molecule has 2 N–H and O–H groups in total. The molecule has 0 radical (unpaired) electrons. The maximum Gasteiger partial charge on any atom is 0.434 e. The second-order valence-corrected chi connectivity index (χ2v) is 6.71. The van der Waals surface area contributed by atoms with Crippen LogP contribution in [0.25, 0.3) is 0 Å². The van der Waals surface area contributed by atoms with Crippen LogP contribution in [0, 0.1) is 0 Å². The van der Waals surface area contributed by atoms with Crippen molar-refractivity contribution in [3.05, 3.63) is 16.1 Å². The standard InChI is InChI=1S/C16H25F3N4O2S.HI/c1-2-20-15(22-7-9-24-10-12-4-3-8-25-12)21-6-5-14-23-13(11-26-14)16(17,18)19;/h11-12H,2-10H2,1H3,(H2,20,21,22);1H. The van der Waals surface area contributed by atoms with Gasteiger partial charge in [-0.25, -0.2) is 4.98 Å². The van der Waals surface area contributed by atoms with Crippen LogP contribution >= 0.6 is 35.3 Å². The van der Waals surface area contributed by atoms with Crippen LogP contribution in [0.2, 0.25) is 0 Å². The molecule has 1 unspecified atom stereocenters. The fraction of sp³-hybridized carbons (Fsp3) is 0.750. The van der Waals surface area contributed by atoms with E-state index in [-0.39, 0.29) is 30.1 Å². The van der Waals surface area contributed by atoms with Crippen molar-refractivity contribution in [2.24, 2.45) is 4.99 Å². The van der Waals surface area contributed by atoms with Gasteiger partial charge in [0.05, 0.1) is 30.9 Å². The Bertz CT molecular complexity index is 566. The van der Waals surface area contributed by atoms with Crippen LogP contribution in [0.15, 0.2) is 10.4 Å². The number of thiazole rings is 1. The molecule has 27 heavy (non-hydrogen) atoms. The second-order valence-electron chi connectivity index (χ2n) is 5.77. The van der Waals surface area contributed by atoms with E-state index < -0.39 is 11.9 Å². The van der Waals surface area contributed by atoms with E-state index in [1.807, 2.05) is 6.92 Å². The zero-order valence-electron chi connectivity index (χ0n) is 15.2. The molecule has 156 valence electrons. The highest BCUT2D eigenvalue weighted by Crippen LogP contribution is 2.29. The summed E-state index contributed by atoms with van der Waals surface area (Å²) in [5.41, 5.74) is -0.832. The molecule has 1 saturated heterocycles. The Kier molecular flexibility index (Phi) is 11.5. The van der Waals surface area contributed by atoms with Crippen molar-refractivity contribution in [2.45, 2.75) is 38.5 Å². The first-order valence-corrected chi connectivity index (χ1v) is 9.60. The van der Waals surface area contributed by atoms with E-state index in [9.17, 15) is 13.2 Å². The number of nitrogens with one attached hydrogen (secondary N) is 2. The van der Waals surface area contributed by atoms with Crippen molar-refractivity contribution >= 4 is 41.3 Å². The third-order valence-corrected chi connectivity index (χ3v) is 4.56. The number of hydrogen-bond donors (Lipinski definition) is 2. The number of ether oxygens (including phenoxy) is 2. The first kappa shape index (κ1) is 24.4. The van der Waals surface area contributed by atoms with Gasteiger partial charge in [-0.05, 0) is 19.8 Å². The predicted molar refractivity (Wildman–Crippen MR) is 110 cm³/mol. The Labute approximate surface area is 178 Å². The summed E-state index contributed by atoms with van der Waals surface area (Å²) in [4.78, 5) is 7.99. The highest BCUT2D eigenvalue weighted by Gasteiger charge is 2.33. The molecular weight excluding hydrogens is 496 g/mol. The molecule has 0 aliphatic carbocycles. The highest BCUT2D eigenvalue weighted by molar-refractivity contribution is 14.0. The number of guanidine groups is 1. The summed E-state index contributed by atoms with van der Waals surface area (Å²) in [7, 11) is 0. The summed E-state index contributed by atoms with van der Waals surface area (Å²) in [6.45, 7) is 5.48. The van der Waals surface area contributed by atoms with Gasteiger partial charge in [0.15, 0.2) is 11.7 Å².